The third-order valence-corrected chi connectivity index (χ3v) is 6.50. The van der Waals surface area contributed by atoms with Gasteiger partial charge in [0.25, 0.3) is 5.56 Å². The molecule has 0 aliphatic heterocycles. The van der Waals surface area contributed by atoms with Crippen LogP contribution >= 0.6 is 34.5 Å². The van der Waals surface area contributed by atoms with Crippen LogP contribution in [-0.4, -0.2) is 13.9 Å². The minimum absolute atomic E-state index is 0.0121. The van der Waals surface area contributed by atoms with E-state index >= 15 is 0 Å². The summed E-state index contributed by atoms with van der Waals surface area (Å²) in [6.07, 6.45) is 2.33. The summed E-state index contributed by atoms with van der Waals surface area (Å²) in [6.45, 7) is 2.50. The third-order valence-electron chi connectivity index (χ3n) is 4.33. The van der Waals surface area contributed by atoms with Crippen molar-refractivity contribution < 1.29 is 0 Å². The number of thiophene rings is 1. The molecule has 0 saturated heterocycles. The molecule has 0 radical (unpaired) electrons. The Morgan fingerprint density at radius 1 is 1.35 bits per heavy atom. The number of aryl methyl sites for hydroxylation is 1. The fourth-order valence-electron chi connectivity index (χ4n) is 2.86. The molecule has 2 heterocycles. The van der Waals surface area contributed by atoms with Crippen molar-refractivity contribution in [2.75, 3.05) is 0 Å². The zero-order chi connectivity index (χ0) is 16.2. The van der Waals surface area contributed by atoms with Gasteiger partial charge in [0, 0.05) is 17.3 Å². The number of fused-ring (bicyclic) bond motifs is 1. The van der Waals surface area contributed by atoms with Crippen molar-refractivity contribution in [3.63, 3.8) is 0 Å². The summed E-state index contributed by atoms with van der Waals surface area (Å²) in [5, 5.41) is 0.701. The quantitative estimate of drug-likeness (QED) is 0.635. The number of hydrogen-bond donors (Lipinski definition) is 0. The number of hydrogen-bond acceptors (Lipinski definition) is 3. The molecule has 2 aromatic heterocycles. The van der Waals surface area contributed by atoms with Gasteiger partial charge in [0.05, 0.1) is 11.7 Å². The summed E-state index contributed by atoms with van der Waals surface area (Å²) in [5.41, 5.74) is 2.09. The van der Waals surface area contributed by atoms with Crippen LogP contribution in [0.1, 0.15) is 12.0 Å². The summed E-state index contributed by atoms with van der Waals surface area (Å²) >= 11 is 13.7. The van der Waals surface area contributed by atoms with E-state index in [9.17, 15) is 4.79 Å². The number of alkyl halides is 2. The maximum atomic E-state index is 12.8. The van der Waals surface area contributed by atoms with E-state index in [1.165, 1.54) is 0 Å². The summed E-state index contributed by atoms with van der Waals surface area (Å²) < 4.78 is 0.946. The second-order valence-corrected chi connectivity index (χ2v) is 8.51. The van der Waals surface area contributed by atoms with Crippen LogP contribution in [0.4, 0.5) is 0 Å². The first kappa shape index (κ1) is 15.2. The average Bonchev–Trinajstić information content (AvgIpc) is 2.98. The predicted octanol–water partition coefficient (Wildman–Crippen LogP) is 4.63. The molecule has 4 rings (SSSR count). The summed E-state index contributed by atoms with van der Waals surface area (Å²) in [5.74, 6) is 0.121. The SMILES string of the molecule is Cc1c(-c2ccccc2)sc2ncn(CC3CC3(Cl)Cl)c(=O)c12. The summed E-state index contributed by atoms with van der Waals surface area (Å²) in [4.78, 5) is 19.2. The van der Waals surface area contributed by atoms with E-state index in [-0.39, 0.29) is 11.5 Å². The van der Waals surface area contributed by atoms with Crippen LogP contribution in [0.5, 0.6) is 0 Å². The van der Waals surface area contributed by atoms with Crippen LogP contribution in [0.3, 0.4) is 0 Å². The van der Waals surface area contributed by atoms with Crippen LogP contribution in [-0.2, 0) is 6.54 Å². The second-order valence-electron chi connectivity index (χ2n) is 5.97. The molecule has 0 amide bonds. The third kappa shape index (κ3) is 2.59. The van der Waals surface area contributed by atoms with Crippen molar-refractivity contribution in [3.8, 4) is 10.4 Å². The molecule has 1 unspecified atom stereocenters. The molecule has 0 bridgehead atoms. The molecule has 1 saturated carbocycles. The lowest BCUT2D eigenvalue weighted by Gasteiger charge is -2.05. The lowest BCUT2D eigenvalue weighted by molar-refractivity contribution is 0.597. The number of rotatable bonds is 3. The van der Waals surface area contributed by atoms with Gasteiger partial charge in [-0.05, 0) is 24.5 Å². The van der Waals surface area contributed by atoms with Crippen LogP contribution in [0, 0.1) is 12.8 Å². The predicted molar refractivity (Wildman–Crippen MR) is 96.6 cm³/mol. The van der Waals surface area contributed by atoms with E-state index in [0.29, 0.717) is 11.9 Å². The molecule has 1 atom stereocenters. The van der Waals surface area contributed by atoms with Crippen LogP contribution in [0.15, 0.2) is 41.5 Å². The molecule has 1 aromatic carbocycles. The van der Waals surface area contributed by atoms with Crippen LogP contribution in [0.25, 0.3) is 20.7 Å². The number of benzene rings is 1. The van der Waals surface area contributed by atoms with Crippen LogP contribution < -0.4 is 5.56 Å². The molecule has 1 aliphatic rings. The Morgan fingerprint density at radius 3 is 2.70 bits per heavy atom. The standard InChI is InChI=1S/C17H14Cl2N2OS/c1-10-13-15(23-14(10)11-5-3-2-4-6-11)20-9-21(16(13)22)8-12-7-17(12,18)19/h2-6,9,12H,7-8H2,1H3. The molecule has 6 heteroatoms. The van der Waals surface area contributed by atoms with Gasteiger partial charge in [0.15, 0.2) is 0 Å². The van der Waals surface area contributed by atoms with Crippen molar-refractivity contribution in [3.05, 3.63) is 52.6 Å². The van der Waals surface area contributed by atoms with E-state index in [1.54, 1.807) is 22.2 Å². The normalized spacial score (nSPS) is 19.2. The Balaban J connectivity index is 1.81. The zero-order valence-electron chi connectivity index (χ0n) is 12.4. The Kier molecular flexibility index (Phi) is 3.52. The monoisotopic (exact) mass is 364 g/mol. The first-order valence-corrected chi connectivity index (χ1v) is 8.96. The highest BCUT2D eigenvalue weighted by Crippen LogP contribution is 2.53. The van der Waals surface area contributed by atoms with E-state index < -0.39 is 4.33 Å². The minimum Gasteiger partial charge on any atom is -0.298 e. The molecule has 1 fully saturated rings. The Bertz CT molecular complexity index is 946. The van der Waals surface area contributed by atoms with Gasteiger partial charge in [0.1, 0.15) is 9.16 Å². The summed E-state index contributed by atoms with van der Waals surface area (Å²) in [7, 11) is 0. The maximum Gasteiger partial charge on any atom is 0.262 e. The highest BCUT2D eigenvalue weighted by Gasteiger charge is 2.51. The van der Waals surface area contributed by atoms with E-state index in [1.807, 2.05) is 25.1 Å². The second kappa shape index (κ2) is 5.33. The molecule has 3 aromatic rings. The minimum atomic E-state index is -0.687. The summed E-state index contributed by atoms with van der Waals surface area (Å²) in [6, 6.07) is 10.1. The number of halogens is 2. The number of nitrogens with zero attached hydrogens (tertiary/aromatic N) is 2. The maximum absolute atomic E-state index is 12.8. The molecule has 118 valence electrons. The molecule has 23 heavy (non-hydrogen) atoms. The van der Waals surface area contributed by atoms with Gasteiger partial charge in [-0.25, -0.2) is 4.98 Å². The van der Waals surface area contributed by atoms with E-state index in [2.05, 4.69) is 17.1 Å². The van der Waals surface area contributed by atoms with Gasteiger partial charge in [0.2, 0.25) is 0 Å². The topological polar surface area (TPSA) is 34.9 Å². The van der Waals surface area contributed by atoms with Crippen molar-refractivity contribution >= 4 is 44.8 Å². The number of aromatic nitrogens is 2. The van der Waals surface area contributed by atoms with E-state index in [0.717, 1.165) is 27.3 Å². The largest absolute Gasteiger partial charge is 0.298 e. The van der Waals surface area contributed by atoms with Crippen molar-refractivity contribution in [1.82, 2.24) is 9.55 Å². The fourth-order valence-corrected chi connectivity index (χ4v) is 4.51. The fraction of sp³-hybridized carbons (Fsp3) is 0.294. The lowest BCUT2D eigenvalue weighted by atomic mass is 10.1. The zero-order valence-corrected chi connectivity index (χ0v) is 14.8. The van der Waals surface area contributed by atoms with Gasteiger partial charge in [-0.2, -0.15) is 0 Å². The van der Waals surface area contributed by atoms with Gasteiger partial charge in [-0.1, -0.05) is 30.3 Å². The van der Waals surface area contributed by atoms with Gasteiger partial charge in [-0.3, -0.25) is 9.36 Å². The molecule has 3 nitrogen and oxygen atoms in total. The van der Waals surface area contributed by atoms with Crippen molar-refractivity contribution in [1.29, 1.82) is 0 Å². The first-order valence-electron chi connectivity index (χ1n) is 7.39. The average molecular weight is 365 g/mol. The molecule has 1 aliphatic carbocycles. The van der Waals surface area contributed by atoms with Gasteiger partial charge < -0.3 is 0 Å². The first-order chi connectivity index (χ1) is 11.0. The molecule has 0 N–H and O–H groups in total. The van der Waals surface area contributed by atoms with Gasteiger partial charge in [-0.15, -0.1) is 34.5 Å². The van der Waals surface area contributed by atoms with Gasteiger partial charge >= 0.3 is 0 Å². The van der Waals surface area contributed by atoms with Crippen LogP contribution in [0.2, 0.25) is 0 Å². The van der Waals surface area contributed by atoms with Crippen molar-refractivity contribution in [2.45, 2.75) is 24.2 Å². The van der Waals surface area contributed by atoms with Crippen molar-refractivity contribution in [2.24, 2.45) is 5.92 Å². The molecular formula is C17H14Cl2N2OS. The highest BCUT2D eigenvalue weighted by atomic mass is 35.5. The van der Waals surface area contributed by atoms with E-state index in [4.69, 9.17) is 23.2 Å². The Morgan fingerprint density at radius 2 is 2.04 bits per heavy atom. The molecule has 0 spiro atoms. The smallest absolute Gasteiger partial charge is 0.262 e. The Hall–Kier alpha value is -1.36. The highest BCUT2D eigenvalue weighted by molar-refractivity contribution is 7.22. The Labute approximate surface area is 147 Å². The lowest BCUT2D eigenvalue weighted by Crippen LogP contribution is -2.22. The molecular weight excluding hydrogens is 351 g/mol.